The molecule has 0 fully saturated rings. The van der Waals surface area contributed by atoms with Crippen LogP contribution in [0.1, 0.15) is 39.2 Å². The van der Waals surface area contributed by atoms with Gasteiger partial charge >= 0.3 is 0 Å². The SMILES string of the molecule is CCN(CCCC(C)(C)C(N)=S)c1ccc(C)cc1. The lowest BCUT2D eigenvalue weighted by Gasteiger charge is -2.27. The lowest BCUT2D eigenvalue weighted by atomic mass is 9.88. The first-order valence-electron chi connectivity index (χ1n) is 6.98. The average molecular weight is 278 g/mol. The van der Waals surface area contributed by atoms with Gasteiger partial charge in [0.2, 0.25) is 0 Å². The Morgan fingerprint density at radius 3 is 2.32 bits per heavy atom. The van der Waals surface area contributed by atoms with Crippen LogP contribution in [0.15, 0.2) is 24.3 Å². The molecule has 1 aromatic carbocycles. The van der Waals surface area contributed by atoms with Crippen molar-refractivity contribution in [3.63, 3.8) is 0 Å². The molecule has 0 aliphatic carbocycles. The second-order valence-corrected chi connectivity index (χ2v) is 6.21. The van der Waals surface area contributed by atoms with Gasteiger partial charge in [0.15, 0.2) is 0 Å². The molecule has 1 aromatic rings. The first kappa shape index (κ1) is 16.0. The molecule has 1 rings (SSSR count). The van der Waals surface area contributed by atoms with Crippen molar-refractivity contribution < 1.29 is 0 Å². The summed E-state index contributed by atoms with van der Waals surface area (Å²) in [7, 11) is 0. The van der Waals surface area contributed by atoms with Gasteiger partial charge in [-0.05, 0) is 38.8 Å². The highest BCUT2D eigenvalue weighted by atomic mass is 32.1. The largest absolute Gasteiger partial charge is 0.393 e. The Balaban J connectivity index is 2.54. The summed E-state index contributed by atoms with van der Waals surface area (Å²) in [5, 5.41) is 0. The molecular weight excluding hydrogens is 252 g/mol. The third-order valence-electron chi connectivity index (χ3n) is 3.68. The number of nitrogens with zero attached hydrogens (tertiary/aromatic N) is 1. The molecule has 0 aliphatic rings. The number of hydrogen-bond donors (Lipinski definition) is 1. The van der Waals surface area contributed by atoms with E-state index >= 15 is 0 Å². The second kappa shape index (κ2) is 6.90. The summed E-state index contributed by atoms with van der Waals surface area (Å²) >= 11 is 5.11. The molecule has 0 aliphatic heterocycles. The molecule has 19 heavy (non-hydrogen) atoms. The molecule has 2 nitrogen and oxygen atoms in total. The molecule has 0 radical (unpaired) electrons. The zero-order valence-corrected chi connectivity index (χ0v) is 13.4. The van der Waals surface area contributed by atoms with E-state index in [0.717, 1.165) is 25.9 Å². The van der Waals surface area contributed by atoms with E-state index in [2.05, 4.69) is 56.9 Å². The van der Waals surface area contributed by atoms with Crippen LogP contribution >= 0.6 is 12.2 Å². The van der Waals surface area contributed by atoms with Gasteiger partial charge in [-0.1, -0.05) is 43.8 Å². The van der Waals surface area contributed by atoms with E-state index in [0.29, 0.717) is 4.99 Å². The van der Waals surface area contributed by atoms with Gasteiger partial charge < -0.3 is 10.6 Å². The third kappa shape index (κ3) is 4.83. The minimum absolute atomic E-state index is 0.0397. The maximum Gasteiger partial charge on any atom is 0.0784 e. The molecule has 106 valence electrons. The van der Waals surface area contributed by atoms with Crippen molar-refractivity contribution >= 4 is 22.9 Å². The van der Waals surface area contributed by atoms with E-state index < -0.39 is 0 Å². The summed E-state index contributed by atoms with van der Waals surface area (Å²) in [6, 6.07) is 8.71. The van der Waals surface area contributed by atoms with E-state index in [9.17, 15) is 0 Å². The molecule has 2 N–H and O–H groups in total. The quantitative estimate of drug-likeness (QED) is 0.767. The van der Waals surface area contributed by atoms with Gasteiger partial charge in [0.25, 0.3) is 0 Å². The number of benzene rings is 1. The highest BCUT2D eigenvalue weighted by Gasteiger charge is 2.20. The smallest absolute Gasteiger partial charge is 0.0784 e. The maximum atomic E-state index is 5.77. The molecule has 0 atom stereocenters. The highest BCUT2D eigenvalue weighted by Crippen LogP contribution is 2.24. The van der Waals surface area contributed by atoms with Crippen LogP contribution in [0, 0.1) is 12.3 Å². The average Bonchev–Trinajstić information content (AvgIpc) is 2.36. The Bertz CT molecular complexity index is 409. The van der Waals surface area contributed by atoms with E-state index in [-0.39, 0.29) is 5.41 Å². The van der Waals surface area contributed by atoms with Crippen molar-refractivity contribution in [2.75, 3.05) is 18.0 Å². The van der Waals surface area contributed by atoms with Gasteiger partial charge in [-0.15, -0.1) is 0 Å². The summed E-state index contributed by atoms with van der Waals surface area (Å²) in [6.07, 6.45) is 2.14. The molecule has 0 saturated carbocycles. The van der Waals surface area contributed by atoms with Crippen LogP contribution in [0.4, 0.5) is 5.69 Å². The molecule has 0 aromatic heterocycles. The van der Waals surface area contributed by atoms with Gasteiger partial charge in [-0.25, -0.2) is 0 Å². The predicted molar refractivity (Wildman–Crippen MR) is 88.9 cm³/mol. The van der Waals surface area contributed by atoms with E-state index in [1.807, 2.05) is 0 Å². The Labute approximate surface area is 123 Å². The Morgan fingerprint density at radius 2 is 1.84 bits per heavy atom. The minimum atomic E-state index is -0.0397. The van der Waals surface area contributed by atoms with Crippen LogP contribution < -0.4 is 10.6 Å². The van der Waals surface area contributed by atoms with E-state index in [1.54, 1.807) is 0 Å². The van der Waals surface area contributed by atoms with Gasteiger partial charge in [-0.2, -0.15) is 0 Å². The van der Waals surface area contributed by atoms with Crippen molar-refractivity contribution in [3.8, 4) is 0 Å². The van der Waals surface area contributed by atoms with Crippen LogP contribution in [0.25, 0.3) is 0 Å². The Morgan fingerprint density at radius 1 is 1.26 bits per heavy atom. The first-order chi connectivity index (χ1) is 8.86. The predicted octanol–water partition coefficient (Wildman–Crippen LogP) is 3.91. The summed E-state index contributed by atoms with van der Waals surface area (Å²) < 4.78 is 0. The number of thiocarbonyl (C=S) groups is 1. The second-order valence-electron chi connectivity index (χ2n) is 5.77. The van der Waals surface area contributed by atoms with Crippen LogP contribution in [-0.2, 0) is 0 Å². The van der Waals surface area contributed by atoms with Gasteiger partial charge in [0.05, 0.1) is 4.99 Å². The summed E-state index contributed by atoms with van der Waals surface area (Å²) in [6.45, 7) is 10.6. The monoisotopic (exact) mass is 278 g/mol. The van der Waals surface area contributed by atoms with Crippen LogP contribution in [0.2, 0.25) is 0 Å². The van der Waals surface area contributed by atoms with Gasteiger partial charge in [-0.3, -0.25) is 0 Å². The molecule has 0 saturated heterocycles. The summed E-state index contributed by atoms with van der Waals surface area (Å²) in [5.74, 6) is 0. The number of hydrogen-bond acceptors (Lipinski definition) is 2. The fourth-order valence-electron chi connectivity index (χ4n) is 2.06. The number of rotatable bonds is 7. The zero-order chi connectivity index (χ0) is 14.5. The van der Waals surface area contributed by atoms with Crippen LogP contribution in [-0.4, -0.2) is 18.1 Å². The molecule has 0 bridgehead atoms. The number of anilines is 1. The van der Waals surface area contributed by atoms with Gasteiger partial charge in [0, 0.05) is 24.2 Å². The highest BCUT2D eigenvalue weighted by molar-refractivity contribution is 7.80. The normalized spacial score (nSPS) is 11.4. The van der Waals surface area contributed by atoms with Gasteiger partial charge in [0.1, 0.15) is 0 Å². The van der Waals surface area contributed by atoms with Crippen molar-refractivity contribution in [2.45, 2.75) is 40.5 Å². The molecule has 0 spiro atoms. The molecule has 0 amide bonds. The van der Waals surface area contributed by atoms with Crippen LogP contribution in [0.3, 0.4) is 0 Å². The maximum absolute atomic E-state index is 5.77. The third-order valence-corrected chi connectivity index (χ3v) is 4.23. The summed E-state index contributed by atoms with van der Waals surface area (Å²) in [4.78, 5) is 3.01. The van der Waals surface area contributed by atoms with Crippen molar-refractivity contribution in [1.29, 1.82) is 0 Å². The summed E-state index contributed by atoms with van der Waals surface area (Å²) in [5.41, 5.74) is 8.32. The van der Waals surface area contributed by atoms with Crippen molar-refractivity contribution in [3.05, 3.63) is 29.8 Å². The van der Waals surface area contributed by atoms with E-state index in [1.165, 1.54) is 11.3 Å². The fraction of sp³-hybridized carbons (Fsp3) is 0.562. The Kier molecular flexibility index (Phi) is 5.80. The topological polar surface area (TPSA) is 29.3 Å². The van der Waals surface area contributed by atoms with Crippen LogP contribution in [0.5, 0.6) is 0 Å². The molecular formula is C16H26N2S. The lowest BCUT2D eigenvalue weighted by molar-refractivity contribution is 0.459. The molecule has 3 heteroatoms. The van der Waals surface area contributed by atoms with Crippen molar-refractivity contribution in [2.24, 2.45) is 11.1 Å². The first-order valence-corrected chi connectivity index (χ1v) is 7.39. The number of nitrogens with two attached hydrogens (primary N) is 1. The minimum Gasteiger partial charge on any atom is -0.393 e. The number of aryl methyl sites for hydroxylation is 1. The fourth-order valence-corrected chi connectivity index (χ4v) is 2.16. The Hall–Kier alpha value is -1.09. The standard InChI is InChI=1S/C16H26N2S/c1-5-18(14-9-7-13(2)8-10-14)12-6-11-16(3,4)15(17)19/h7-10H,5-6,11-12H2,1-4H3,(H2,17,19). The van der Waals surface area contributed by atoms with E-state index in [4.69, 9.17) is 18.0 Å². The zero-order valence-electron chi connectivity index (χ0n) is 12.6. The molecule has 0 unspecified atom stereocenters. The lowest BCUT2D eigenvalue weighted by Crippen LogP contribution is -2.31. The van der Waals surface area contributed by atoms with Crippen molar-refractivity contribution in [1.82, 2.24) is 0 Å². The molecule has 0 heterocycles.